The zero-order chi connectivity index (χ0) is 14.0. The lowest BCUT2D eigenvalue weighted by Gasteiger charge is -2.06. The summed E-state index contributed by atoms with van der Waals surface area (Å²) in [4.78, 5) is 0. The lowest BCUT2D eigenvalue weighted by atomic mass is 10.0. The number of benzene rings is 1. The van der Waals surface area contributed by atoms with E-state index in [4.69, 9.17) is 4.42 Å². The monoisotopic (exact) mass is 263 g/mol. The summed E-state index contributed by atoms with van der Waals surface area (Å²) in [6.45, 7) is 10.0. The van der Waals surface area contributed by atoms with E-state index in [1.54, 1.807) is 0 Å². The maximum absolute atomic E-state index is 13.8. The summed E-state index contributed by atoms with van der Waals surface area (Å²) in [7, 11) is 0. The highest BCUT2D eigenvalue weighted by molar-refractivity contribution is 5.86. The normalized spacial score (nSPS) is 11.7. The van der Waals surface area contributed by atoms with Crippen molar-refractivity contribution in [3.05, 3.63) is 34.8 Å². The third-order valence-electron chi connectivity index (χ3n) is 3.37. The van der Waals surface area contributed by atoms with Gasteiger partial charge in [0.05, 0.1) is 6.54 Å². The van der Waals surface area contributed by atoms with Gasteiger partial charge in [-0.15, -0.1) is 0 Å². The number of aryl methyl sites for hydroxylation is 2. The third-order valence-corrected chi connectivity index (χ3v) is 3.37. The quantitative estimate of drug-likeness (QED) is 0.875. The van der Waals surface area contributed by atoms with Crippen LogP contribution in [0.15, 0.2) is 16.5 Å². The molecule has 0 aliphatic rings. The fourth-order valence-electron chi connectivity index (χ4n) is 2.45. The molecule has 0 bridgehead atoms. The number of rotatable bonds is 5. The Bertz CT molecular complexity index is 572. The van der Waals surface area contributed by atoms with Crippen molar-refractivity contribution in [3.63, 3.8) is 0 Å². The number of nitrogens with one attached hydrogen (secondary N) is 1. The van der Waals surface area contributed by atoms with Gasteiger partial charge in [0.1, 0.15) is 5.76 Å². The van der Waals surface area contributed by atoms with E-state index in [1.165, 1.54) is 6.07 Å². The van der Waals surface area contributed by atoms with Crippen LogP contribution >= 0.6 is 0 Å². The molecule has 0 radical (unpaired) electrons. The average molecular weight is 263 g/mol. The Balaban J connectivity index is 2.39. The second kappa shape index (κ2) is 5.74. The van der Waals surface area contributed by atoms with Gasteiger partial charge in [0.15, 0.2) is 11.4 Å². The molecule has 0 aliphatic heterocycles. The van der Waals surface area contributed by atoms with Crippen LogP contribution in [0.2, 0.25) is 0 Å². The highest BCUT2D eigenvalue weighted by atomic mass is 19.1. The average Bonchev–Trinajstić information content (AvgIpc) is 2.73. The van der Waals surface area contributed by atoms with Crippen LogP contribution < -0.4 is 5.32 Å². The Labute approximate surface area is 114 Å². The van der Waals surface area contributed by atoms with E-state index >= 15 is 0 Å². The molecule has 0 spiro atoms. The van der Waals surface area contributed by atoms with E-state index in [0.29, 0.717) is 18.0 Å². The molecule has 0 saturated carbocycles. The fraction of sp³-hybridized carbons (Fsp3) is 0.500. The topological polar surface area (TPSA) is 25.2 Å². The molecule has 0 unspecified atom stereocenters. The van der Waals surface area contributed by atoms with E-state index in [9.17, 15) is 4.39 Å². The maximum Gasteiger partial charge on any atom is 0.170 e. The van der Waals surface area contributed by atoms with Gasteiger partial charge in [-0.2, -0.15) is 0 Å². The highest BCUT2D eigenvalue weighted by Crippen LogP contribution is 2.31. The molecule has 0 fully saturated rings. The van der Waals surface area contributed by atoms with Crippen LogP contribution in [0.4, 0.5) is 4.39 Å². The van der Waals surface area contributed by atoms with Crippen LogP contribution in [0.5, 0.6) is 0 Å². The Morgan fingerprint density at radius 2 is 2.05 bits per heavy atom. The Morgan fingerprint density at radius 3 is 2.68 bits per heavy atom. The van der Waals surface area contributed by atoms with Gasteiger partial charge in [0, 0.05) is 10.9 Å². The molecule has 1 aromatic heterocycles. The summed E-state index contributed by atoms with van der Waals surface area (Å²) < 4.78 is 19.6. The molecule has 3 heteroatoms. The van der Waals surface area contributed by atoms with E-state index in [1.807, 2.05) is 13.0 Å². The summed E-state index contributed by atoms with van der Waals surface area (Å²) in [6, 6.07) is 3.30. The van der Waals surface area contributed by atoms with Crippen LogP contribution in [0.3, 0.4) is 0 Å². The molecule has 2 aromatic rings. The van der Waals surface area contributed by atoms with E-state index in [2.05, 4.69) is 26.1 Å². The zero-order valence-corrected chi connectivity index (χ0v) is 12.1. The van der Waals surface area contributed by atoms with Gasteiger partial charge in [-0.25, -0.2) is 4.39 Å². The van der Waals surface area contributed by atoms with Gasteiger partial charge in [-0.3, -0.25) is 0 Å². The first-order valence-electron chi connectivity index (χ1n) is 6.94. The van der Waals surface area contributed by atoms with Crippen molar-refractivity contribution in [3.8, 4) is 0 Å². The smallest absolute Gasteiger partial charge is 0.170 e. The number of halogens is 1. The number of furan rings is 1. The molecule has 0 saturated heterocycles. The Kier molecular flexibility index (Phi) is 4.25. The second-order valence-corrected chi connectivity index (χ2v) is 5.45. The summed E-state index contributed by atoms with van der Waals surface area (Å²) >= 11 is 0. The molecule has 1 heterocycles. The summed E-state index contributed by atoms with van der Waals surface area (Å²) in [6.07, 6.45) is 0.857. The van der Waals surface area contributed by atoms with Gasteiger partial charge in [-0.05, 0) is 37.4 Å². The SMILES string of the molecule is CCc1c(CNCC(C)C)oc2c(F)ccc(C)c12. The highest BCUT2D eigenvalue weighted by Gasteiger charge is 2.17. The third kappa shape index (κ3) is 2.81. The second-order valence-electron chi connectivity index (χ2n) is 5.45. The minimum Gasteiger partial charge on any atom is -0.456 e. The molecule has 104 valence electrons. The number of hydrogen-bond acceptors (Lipinski definition) is 2. The fourth-order valence-corrected chi connectivity index (χ4v) is 2.45. The van der Waals surface area contributed by atoms with Crippen molar-refractivity contribution in [2.75, 3.05) is 6.54 Å². The molecule has 1 aromatic carbocycles. The Morgan fingerprint density at radius 1 is 1.32 bits per heavy atom. The first kappa shape index (κ1) is 14.1. The predicted molar refractivity (Wildman–Crippen MR) is 76.8 cm³/mol. The van der Waals surface area contributed by atoms with Crippen LogP contribution in [0.1, 0.15) is 37.7 Å². The van der Waals surface area contributed by atoms with E-state index in [0.717, 1.165) is 35.2 Å². The minimum atomic E-state index is -0.273. The van der Waals surface area contributed by atoms with E-state index < -0.39 is 0 Å². The zero-order valence-electron chi connectivity index (χ0n) is 12.1. The molecule has 2 nitrogen and oxygen atoms in total. The predicted octanol–water partition coefficient (Wildman–Crippen LogP) is 4.19. The summed E-state index contributed by atoms with van der Waals surface area (Å²) in [5.41, 5.74) is 2.61. The Hall–Kier alpha value is -1.35. The number of fused-ring (bicyclic) bond motifs is 1. The standard InChI is InChI=1S/C16H22FNO/c1-5-12-14(9-18-8-10(2)3)19-16-13(17)7-6-11(4)15(12)16/h6-7,10,18H,5,8-9H2,1-4H3. The first-order chi connectivity index (χ1) is 9.04. The molecule has 2 rings (SSSR count). The summed E-state index contributed by atoms with van der Waals surface area (Å²) in [5, 5.41) is 4.31. The van der Waals surface area contributed by atoms with Crippen LogP contribution in [0, 0.1) is 18.7 Å². The van der Waals surface area contributed by atoms with E-state index in [-0.39, 0.29) is 5.82 Å². The first-order valence-corrected chi connectivity index (χ1v) is 6.94. The van der Waals surface area contributed by atoms with Crippen LogP contribution in [-0.4, -0.2) is 6.54 Å². The summed E-state index contributed by atoms with van der Waals surface area (Å²) in [5.74, 6) is 1.18. The van der Waals surface area contributed by atoms with Gasteiger partial charge in [-0.1, -0.05) is 26.8 Å². The minimum absolute atomic E-state index is 0.273. The van der Waals surface area contributed by atoms with Crippen LogP contribution in [0.25, 0.3) is 11.0 Å². The van der Waals surface area contributed by atoms with Crippen LogP contribution in [-0.2, 0) is 13.0 Å². The lowest BCUT2D eigenvalue weighted by molar-refractivity contribution is 0.471. The molecule has 1 N–H and O–H groups in total. The van der Waals surface area contributed by atoms with Crippen molar-refractivity contribution in [2.24, 2.45) is 5.92 Å². The molecule has 0 amide bonds. The van der Waals surface area contributed by atoms with Crippen molar-refractivity contribution >= 4 is 11.0 Å². The molecule has 0 aliphatic carbocycles. The molecular weight excluding hydrogens is 241 g/mol. The van der Waals surface area contributed by atoms with Gasteiger partial charge in [0.25, 0.3) is 0 Å². The van der Waals surface area contributed by atoms with Gasteiger partial charge < -0.3 is 9.73 Å². The number of hydrogen-bond donors (Lipinski definition) is 1. The van der Waals surface area contributed by atoms with Gasteiger partial charge >= 0.3 is 0 Å². The molecule has 0 atom stereocenters. The van der Waals surface area contributed by atoms with Crippen molar-refractivity contribution < 1.29 is 8.81 Å². The van der Waals surface area contributed by atoms with Gasteiger partial charge in [0.2, 0.25) is 0 Å². The van der Waals surface area contributed by atoms with Crippen molar-refractivity contribution in [2.45, 2.75) is 40.7 Å². The molecule has 19 heavy (non-hydrogen) atoms. The van der Waals surface area contributed by atoms with Crippen molar-refractivity contribution in [1.82, 2.24) is 5.32 Å². The van der Waals surface area contributed by atoms with Crippen molar-refractivity contribution in [1.29, 1.82) is 0 Å². The largest absolute Gasteiger partial charge is 0.456 e. The lowest BCUT2D eigenvalue weighted by Crippen LogP contribution is -2.19. The molecular formula is C16H22FNO. The maximum atomic E-state index is 13.8.